The molecule has 3 aromatic rings. The molecule has 140 valence electrons. The quantitative estimate of drug-likeness (QED) is 0.695. The topological polar surface area (TPSA) is 87.8 Å². The standard InChI is InChI=1S/C20H22N4O3/c1-14-11-18-21-12-17(15(2)24(18)22-14)20(27)23(10-6-9-19(25)26)13-16-7-4-3-5-8-16/h3-5,7-8,11-12H,6,9-10,13H2,1-2H3,(H,25,26). The molecule has 7 heteroatoms. The van der Waals surface area contributed by atoms with Crippen LogP contribution in [0.15, 0.2) is 42.6 Å². The molecule has 27 heavy (non-hydrogen) atoms. The molecule has 0 unspecified atom stereocenters. The number of carboxylic acids is 1. The Labute approximate surface area is 157 Å². The molecule has 2 aromatic heterocycles. The van der Waals surface area contributed by atoms with Gasteiger partial charge in [0.1, 0.15) is 0 Å². The fraction of sp³-hybridized carbons (Fsp3) is 0.300. The molecule has 2 heterocycles. The maximum absolute atomic E-state index is 13.2. The van der Waals surface area contributed by atoms with Gasteiger partial charge < -0.3 is 10.0 Å². The van der Waals surface area contributed by atoms with E-state index >= 15 is 0 Å². The molecular weight excluding hydrogens is 344 g/mol. The number of hydrogen-bond donors (Lipinski definition) is 1. The lowest BCUT2D eigenvalue weighted by Gasteiger charge is -2.23. The zero-order valence-electron chi connectivity index (χ0n) is 15.4. The Morgan fingerprint density at radius 1 is 1.19 bits per heavy atom. The monoisotopic (exact) mass is 366 g/mol. The van der Waals surface area contributed by atoms with Gasteiger partial charge >= 0.3 is 5.97 Å². The average Bonchev–Trinajstić information content (AvgIpc) is 3.03. The molecular formula is C20H22N4O3. The summed E-state index contributed by atoms with van der Waals surface area (Å²) in [6.45, 7) is 4.49. The van der Waals surface area contributed by atoms with Gasteiger partial charge in [0, 0.05) is 31.8 Å². The fourth-order valence-corrected chi connectivity index (χ4v) is 3.02. The number of fused-ring (bicyclic) bond motifs is 1. The Morgan fingerprint density at radius 3 is 2.63 bits per heavy atom. The van der Waals surface area contributed by atoms with Gasteiger partial charge in [-0.05, 0) is 25.8 Å². The fourth-order valence-electron chi connectivity index (χ4n) is 3.02. The van der Waals surface area contributed by atoms with Crippen molar-refractivity contribution in [3.8, 4) is 0 Å². The third-order valence-corrected chi connectivity index (χ3v) is 4.40. The van der Waals surface area contributed by atoms with Gasteiger partial charge in [0.2, 0.25) is 0 Å². The predicted octanol–water partition coefficient (Wildman–Crippen LogP) is 2.85. The van der Waals surface area contributed by atoms with Crippen LogP contribution in [0.25, 0.3) is 5.65 Å². The second-order valence-corrected chi connectivity index (χ2v) is 6.52. The Hall–Kier alpha value is -3.22. The van der Waals surface area contributed by atoms with Crippen molar-refractivity contribution < 1.29 is 14.7 Å². The van der Waals surface area contributed by atoms with Crippen LogP contribution < -0.4 is 0 Å². The molecule has 7 nitrogen and oxygen atoms in total. The lowest BCUT2D eigenvalue weighted by molar-refractivity contribution is -0.137. The highest BCUT2D eigenvalue weighted by Crippen LogP contribution is 2.16. The van der Waals surface area contributed by atoms with E-state index in [1.54, 1.807) is 15.6 Å². The second kappa shape index (κ2) is 7.99. The molecule has 0 aliphatic rings. The first kappa shape index (κ1) is 18.6. The summed E-state index contributed by atoms with van der Waals surface area (Å²) in [7, 11) is 0. The number of aromatic nitrogens is 3. The first-order valence-electron chi connectivity index (χ1n) is 8.82. The van der Waals surface area contributed by atoms with Crippen LogP contribution in [0, 0.1) is 13.8 Å². The number of nitrogens with zero attached hydrogens (tertiary/aromatic N) is 4. The molecule has 3 rings (SSSR count). The summed E-state index contributed by atoms with van der Waals surface area (Å²) in [6, 6.07) is 11.5. The summed E-state index contributed by atoms with van der Waals surface area (Å²) in [6.07, 6.45) is 1.99. The molecule has 0 fully saturated rings. The first-order chi connectivity index (χ1) is 13.0. The molecule has 1 aromatic carbocycles. The number of carbonyl (C=O) groups is 2. The molecule has 0 bridgehead atoms. The minimum atomic E-state index is -0.867. The number of benzene rings is 1. The van der Waals surface area contributed by atoms with E-state index in [1.807, 2.05) is 50.2 Å². The van der Waals surface area contributed by atoms with Crippen LogP contribution in [0.2, 0.25) is 0 Å². The molecule has 0 aliphatic heterocycles. The maximum Gasteiger partial charge on any atom is 0.303 e. The molecule has 1 amide bonds. The number of carboxylic acid groups (broad SMARTS) is 1. The van der Waals surface area contributed by atoms with E-state index in [-0.39, 0.29) is 12.3 Å². The van der Waals surface area contributed by atoms with E-state index in [2.05, 4.69) is 10.1 Å². The number of aryl methyl sites for hydroxylation is 2. The summed E-state index contributed by atoms with van der Waals surface area (Å²) < 4.78 is 1.67. The predicted molar refractivity (Wildman–Crippen MR) is 101 cm³/mol. The summed E-state index contributed by atoms with van der Waals surface area (Å²) in [5, 5.41) is 13.3. The molecule has 0 saturated heterocycles. The van der Waals surface area contributed by atoms with Crippen LogP contribution in [0.5, 0.6) is 0 Å². The van der Waals surface area contributed by atoms with E-state index in [0.29, 0.717) is 30.7 Å². The average molecular weight is 366 g/mol. The Morgan fingerprint density at radius 2 is 1.93 bits per heavy atom. The Kier molecular flexibility index (Phi) is 5.49. The number of hydrogen-bond acceptors (Lipinski definition) is 4. The molecule has 0 saturated carbocycles. The van der Waals surface area contributed by atoms with Crippen LogP contribution in [0.1, 0.15) is 40.2 Å². The molecule has 0 atom stereocenters. The number of amides is 1. The van der Waals surface area contributed by atoms with Crippen molar-refractivity contribution in [2.45, 2.75) is 33.2 Å². The zero-order chi connectivity index (χ0) is 19.4. The lowest BCUT2D eigenvalue weighted by Crippen LogP contribution is -2.33. The minimum Gasteiger partial charge on any atom is -0.481 e. The highest BCUT2D eigenvalue weighted by molar-refractivity contribution is 5.95. The molecule has 1 N–H and O–H groups in total. The van der Waals surface area contributed by atoms with E-state index in [4.69, 9.17) is 5.11 Å². The lowest BCUT2D eigenvalue weighted by atomic mass is 10.1. The van der Waals surface area contributed by atoms with Crippen molar-refractivity contribution in [2.75, 3.05) is 6.54 Å². The number of carbonyl (C=O) groups excluding carboxylic acids is 1. The number of rotatable bonds is 7. The van der Waals surface area contributed by atoms with E-state index in [9.17, 15) is 9.59 Å². The van der Waals surface area contributed by atoms with Crippen molar-refractivity contribution >= 4 is 17.5 Å². The highest BCUT2D eigenvalue weighted by Gasteiger charge is 2.20. The van der Waals surface area contributed by atoms with Crippen LogP contribution in [-0.4, -0.2) is 43.0 Å². The third kappa shape index (κ3) is 4.31. The van der Waals surface area contributed by atoms with Crippen LogP contribution in [0.3, 0.4) is 0 Å². The van der Waals surface area contributed by atoms with Gasteiger partial charge in [-0.25, -0.2) is 9.50 Å². The molecule has 0 spiro atoms. The summed E-state index contributed by atoms with van der Waals surface area (Å²) >= 11 is 0. The van der Waals surface area contributed by atoms with Crippen molar-refractivity contribution in [1.29, 1.82) is 0 Å². The van der Waals surface area contributed by atoms with Gasteiger partial charge in [-0.15, -0.1) is 0 Å². The van der Waals surface area contributed by atoms with Crippen molar-refractivity contribution in [2.24, 2.45) is 0 Å². The highest BCUT2D eigenvalue weighted by atomic mass is 16.4. The third-order valence-electron chi connectivity index (χ3n) is 4.40. The maximum atomic E-state index is 13.2. The minimum absolute atomic E-state index is 0.0210. The molecule has 0 aliphatic carbocycles. The van der Waals surface area contributed by atoms with E-state index in [1.165, 1.54) is 0 Å². The molecule has 0 radical (unpaired) electrons. The van der Waals surface area contributed by atoms with Gasteiger partial charge in [-0.3, -0.25) is 9.59 Å². The SMILES string of the molecule is Cc1cc2ncc(C(=O)N(CCCC(=O)O)Cc3ccccc3)c(C)n2n1. The Bertz CT molecular complexity index is 966. The van der Waals surface area contributed by atoms with Gasteiger partial charge in [0.15, 0.2) is 5.65 Å². The summed E-state index contributed by atoms with van der Waals surface area (Å²) in [4.78, 5) is 30.1. The smallest absolute Gasteiger partial charge is 0.303 e. The van der Waals surface area contributed by atoms with Gasteiger partial charge in [0.05, 0.1) is 17.0 Å². The first-order valence-corrected chi connectivity index (χ1v) is 8.82. The normalized spacial score (nSPS) is 10.9. The van der Waals surface area contributed by atoms with E-state index < -0.39 is 5.97 Å². The summed E-state index contributed by atoms with van der Waals surface area (Å²) in [5.41, 5.74) is 3.70. The van der Waals surface area contributed by atoms with Crippen LogP contribution >= 0.6 is 0 Å². The van der Waals surface area contributed by atoms with Crippen LogP contribution in [0.4, 0.5) is 0 Å². The van der Waals surface area contributed by atoms with E-state index in [0.717, 1.165) is 17.0 Å². The van der Waals surface area contributed by atoms with Gasteiger partial charge in [-0.1, -0.05) is 30.3 Å². The van der Waals surface area contributed by atoms with Gasteiger partial charge in [0.25, 0.3) is 5.91 Å². The largest absolute Gasteiger partial charge is 0.481 e. The second-order valence-electron chi connectivity index (χ2n) is 6.52. The van der Waals surface area contributed by atoms with Crippen molar-refractivity contribution in [3.63, 3.8) is 0 Å². The number of aliphatic carboxylic acids is 1. The van der Waals surface area contributed by atoms with Crippen LogP contribution in [-0.2, 0) is 11.3 Å². The zero-order valence-corrected chi connectivity index (χ0v) is 15.4. The van der Waals surface area contributed by atoms with Crippen molar-refractivity contribution in [1.82, 2.24) is 19.5 Å². The van der Waals surface area contributed by atoms with Crippen molar-refractivity contribution in [3.05, 3.63) is 65.1 Å². The Balaban J connectivity index is 1.89. The van der Waals surface area contributed by atoms with Gasteiger partial charge in [-0.2, -0.15) is 5.10 Å². The summed E-state index contributed by atoms with van der Waals surface area (Å²) in [5.74, 6) is -1.04.